The van der Waals surface area contributed by atoms with Gasteiger partial charge in [0.1, 0.15) is 4.83 Å². The number of ether oxygens (including phenoxy) is 1. The molecule has 0 spiro atoms. The van der Waals surface area contributed by atoms with Crippen molar-refractivity contribution in [3.63, 3.8) is 0 Å². The Morgan fingerprint density at radius 1 is 1.37 bits per heavy atom. The van der Waals surface area contributed by atoms with Gasteiger partial charge in [-0.15, -0.1) is 0 Å². The first-order valence-corrected chi connectivity index (χ1v) is 7.42. The van der Waals surface area contributed by atoms with Crippen LogP contribution in [0.3, 0.4) is 0 Å². The van der Waals surface area contributed by atoms with Gasteiger partial charge >= 0.3 is 5.97 Å². The lowest BCUT2D eigenvalue weighted by atomic mass is 9.93. The summed E-state index contributed by atoms with van der Waals surface area (Å²) in [6, 6.07) is 9.96. The van der Waals surface area contributed by atoms with Crippen molar-refractivity contribution in [2.24, 2.45) is 11.8 Å². The molecule has 19 heavy (non-hydrogen) atoms. The molecule has 1 aromatic carbocycles. The minimum atomic E-state index is -0.241. The van der Waals surface area contributed by atoms with Gasteiger partial charge in [-0.1, -0.05) is 52.4 Å². The second kappa shape index (κ2) is 6.77. The lowest BCUT2D eigenvalue weighted by molar-refractivity contribution is -0.140. The van der Waals surface area contributed by atoms with Crippen LogP contribution in [-0.4, -0.2) is 17.9 Å². The number of halogens is 1. The van der Waals surface area contributed by atoms with Gasteiger partial charge < -0.3 is 4.74 Å². The maximum Gasteiger partial charge on any atom is 0.319 e. The fraction of sp³-hybridized carbons (Fsp3) is 0.438. The van der Waals surface area contributed by atoms with Crippen molar-refractivity contribution in [3.05, 3.63) is 35.9 Å². The quantitative estimate of drug-likeness (QED) is 0.474. The topological polar surface area (TPSA) is 26.3 Å². The number of hydrogen-bond acceptors (Lipinski definition) is 2. The molecule has 0 amide bonds. The number of esters is 1. The first kappa shape index (κ1) is 14.1. The smallest absolute Gasteiger partial charge is 0.319 e. The summed E-state index contributed by atoms with van der Waals surface area (Å²) in [6.45, 7) is 0. The van der Waals surface area contributed by atoms with E-state index in [2.05, 4.69) is 27.8 Å². The van der Waals surface area contributed by atoms with Gasteiger partial charge in [0.2, 0.25) is 0 Å². The monoisotopic (exact) mass is 320 g/mol. The van der Waals surface area contributed by atoms with E-state index in [1.54, 1.807) is 0 Å². The Hall–Kier alpha value is -1.27. The van der Waals surface area contributed by atoms with E-state index >= 15 is 0 Å². The molecule has 0 bridgehead atoms. The summed E-state index contributed by atoms with van der Waals surface area (Å²) >= 11 is 3.45. The Kier molecular flexibility index (Phi) is 5.04. The maximum absolute atomic E-state index is 11.6. The lowest BCUT2D eigenvalue weighted by Crippen LogP contribution is -2.27. The van der Waals surface area contributed by atoms with E-state index in [1.165, 1.54) is 7.11 Å². The van der Waals surface area contributed by atoms with E-state index < -0.39 is 0 Å². The Morgan fingerprint density at radius 2 is 2.11 bits per heavy atom. The molecule has 1 saturated carbocycles. The van der Waals surface area contributed by atoms with Crippen molar-refractivity contribution in [3.8, 4) is 11.8 Å². The van der Waals surface area contributed by atoms with E-state index in [0.717, 1.165) is 24.8 Å². The van der Waals surface area contributed by atoms with E-state index in [9.17, 15) is 4.79 Å². The number of benzene rings is 1. The van der Waals surface area contributed by atoms with Gasteiger partial charge in [0.15, 0.2) is 0 Å². The Morgan fingerprint density at radius 3 is 2.79 bits per heavy atom. The third-order valence-electron chi connectivity index (χ3n) is 3.55. The number of alkyl halides is 1. The number of carbonyl (C=O) groups is 1. The zero-order valence-corrected chi connectivity index (χ0v) is 12.5. The highest BCUT2D eigenvalue weighted by atomic mass is 79.9. The fourth-order valence-corrected chi connectivity index (χ4v) is 3.32. The maximum atomic E-state index is 11.6. The van der Waals surface area contributed by atoms with Crippen LogP contribution in [0.15, 0.2) is 30.3 Å². The van der Waals surface area contributed by atoms with Crippen LogP contribution in [0.1, 0.15) is 24.8 Å². The summed E-state index contributed by atoms with van der Waals surface area (Å²) in [5.74, 6) is 6.85. The number of methoxy groups -OCH3 is 1. The third-order valence-corrected chi connectivity index (χ3v) is 4.60. The molecule has 1 aliphatic rings. The van der Waals surface area contributed by atoms with Gasteiger partial charge in [0.05, 0.1) is 7.11 Å². The molecule has 0 N–H and O–H groups in total. The van der Waals surface area contributed by atoms with Gasteiger partial charge in [-0.25, -0.2) is 0 Å². The van der Waals surface area contributed by atoms with Crippen LogP contribution in [0.4, 0.5) is 0 Å². The molecule has 1 unspecified atom stereocenters. The minimum Gasteiger partial charge on any atom is -0.468 e. The van der Waals surface area contributed by atoms with E-state index in [4.69, 9.17) is 4.74 Å². The first-order valence-electron chi connectivity index (χ1n) is 6.51. The molecule has 1 fully saturated rings. The summed E-state index contributed by atoms with van der Waals surface area (Å²) < 4.78 is 4.80. The zero-order valence-electron chi connectivity index (χ0n) is 10.9. The number of rotatable bonds is 2. The predicted molar refractivity (Wildman–Crippen MR) is 78.9 cm³/mol. The molecular formula is C16H17BrO2. The van der Waals surface area contributed by atoms with Crippen LogP contribution in [0.2, 0.25) is 0 Å². The lowest BCUT2D eigenvalue weighted by Gasteiger charge is -2.18. The second-order valence-electron chi connectivity index (χ2n) is 4.76. The van der Waals surface area contributed by atoms with Crippen molar-refractivity contribution >= 4 is 21.9 Å². The van der Waals surface area contributed by atoms with Crippen LogP contribution in [0, 0.1) is 23.7 Å². The largest absolute Gasteiger partial charge is 0.468 e. The van der Waals surface area contributed by atoms with Gasteiger partial charge in [-0.05, 0) is 30.9 Å². The molecule has 2 rings (SSSR count). The standard InChI is InChI=1S/C16H17BrO2/c1-19-16(18)15(17)14-9-5-8-13(14)11-10-12-6-3-2-4-7-12/h2-4,6-7,13-15H,5,8-9H2,1H3/t13-,14+,15?/m0/s1. The first-order chi connectivity index (χ1) is 9.22. The summed E-state index contributed by atoms with van der Waals surface area (Å²) in [5.41, 5.74) is 1.03. The molecule has 3 atom stereocenters. The fourth-order valence-electron chi connectivity index (χ4n) is 2.50. The molecule has 1 aromatic rings. The average Bonchev–Trinajstić information content (AvgIpc) is 2.93. The van der Waals surface area contributed by atoms with E-state index in [0.29, 0.717) is 0 Å². The van der Waals surface area contributed by atoms with Crippen molar-refractivity contribution in [2.45, 2.75) is 24.1 Å². The number of hydrogen-bond donors (Lipinski definition) is 0. The Bertz CT molecular complexity index is 486. The van der Waals surface area contributed by atoms with Crippen molar-refractivity contribution in [1.29, 1.82) is 0 Å². The molecule has 1 aliphatic carbocycles. The summed E-state index contributed by atoms with van der Waals surface area (Å²) in [6.07, 6.45) is 3.21. The average molecular weight is 321 g/mol. The molecule has 0 radical (unpaired) electrons. The van der Waals surface area contributed by atoms with Crippen LogP contribution in [0.25, 0.3) is 0 Å². The Balaban J connectivity index is 2.08. The SMILES string of the molecule is COC(=O)C(Br)[C@@H]1CCC[C@H]1C#Cc1ccccc1. The summed E-state index contributed by atoms with van der Waals surface area (Å²) in [4.78, 5) is 11.4. The van der Waals surface area contributed by atoms with Crippen LogP contribution >= 0.6 is 15.9 Å². The molecule has 100 valence electrons. The molecular weight excluding hydrogens is 304 g/mol. The molecule has 0 saturated heterocycles. The van der Waals surface area contributed by atoms with E-state index in [-0.39, 0.29) is 22.6 Å². The van der Waals surface area contributed by atoms with Crippen molar-refractivity contribution in [2.75, 3.05) is 7.11 Å². The van der Waals surface area contributed by atoms with Gasteiger partial charge in [0.25, 0.3) is 0 Å². The van der Waals surface area contributed by atoms with Crippen molar-refractivity contribution in [1.82, 2.24) is 0 Å². The van der Waals surface area contributed by atoms with Crippen LogP contribution in [0.5, 0.6) is 0 Å². The summed E-state index contributed by atoms with van der Waals surface area (Å²) in [7, 11) is 1.43. The number of carbonyl (C=O) groups excluding carboxylic acids is 1. The van der Waals surface area contributed by atoms with E-state index in [1.807, 2.05) is 30.3 Å². The zero-order chi connectivity index (χ0) is 13.7. The highest BCUT2D eigenvalue weighted by molar-refractivity contribution is 9.10. The van der Waals surface area contributed by atoms with Gasteiger partial charge in [0, 0.05) is 11.5 Å². The van der Waals surface area contributed by atoms with Crippen molar-refractivity contribution < 1.29 is 9.53 Å². The van der Waals surface area contributed by atoms with Gasteiger partial charge in [-0.3, -0.25) is 4.79 Å². The predicted octanol–water partition coefficient (Wildman–Crippen LogP) is 3.39. The highest BCUT2D eigenvalue weighted by Gasteiger charge is 2.35. The molecule has 0 aromatic heterocycles. The summed E-state index contributed by atoms with van der Waals surface area (Å²) in [5, 5.41) is 0. The second-order valence-corrected chi connectivity index (χ2v) is 5.75. The van der Waals surface area contributed by atoms with Crippen LogP contribution in [-0.2, 0) is 9.53 Å². The van der Waals surface area contributed by atoms with Gasteiger partial charge in [-0.2, -0.15) is 0 Å². The highest BCUT2D eigenvalue weighted by Crippen LogP contribution is 2.37. The molecule has 0 heterocycles. The Labute approximate surface area is 122 Å². The molecule has 0 aliphatic heterocycles. The third kappa shape index (κ3) is 3.61. The normalized spacial score (nSPS) is 23.3. The van der Waals surface area contributed by atoms with Crippen LogP contribution < -0.4 is 0 Å². The minimum absolute atomic E-state index is 0.196. The molecule has 3 heteroatoms. The molecule has 2 nitrogen and oxygen atoms in total.